The zero-order valence-electron chi connectivity index (χ0n) is 11.4. The van der Waals surface area contributed by atoms with E-state index in [9.17, 15) is 8.42 Å². The van der Waals surface area contributed by atoms with E-state index < -0.39 is 16.3 Å². The first-order valence-corrected chi connectivity index (χ1v) is 7.57. The maximum absolute atomic E-state index is 11.8. The van der Waals surface area contributed by atoms with E-state index in [0.717, 1.165) is 9.87 Å². The Kier molecular flexibility index (Phi) is 5.76. The molecule has 0 unspecified atom stereocenters. The molecular weight excluding hydrogens is 288 g/mol. The molecule has 0 heterocycles. The molecule has 0 spiro atoms. The molecule has 0 saturated carbocycles. The molecular formula is C12H19ClN2O3S. The summed E-state index contributed by atoms with van der Waals surface area (Å²) in [7, 11) is 0.993. The van der Waals surface area contributed by atoms with Gasteiger partial charge in [-0.25, -0.2) is 0 Å². The first-order chi connectivity index (χ1) is 8.77. The van der Waals surface area contributed by atoms with Gasteiger partial charge in [0, 0.05) is 26.2 Å². The van der Waals surface area contributed by atoms with Gasteiger partial charge in [0.25, 0.3) is 10.2 Å². The van der Waals surface area contributed by atoms with E-state index in [0.29, 0.717) is 5.02 Å². The third-order valence-corrected chi connectivity index (χ3v) is 4.61. The van der Waals surface area contributed by atoms with Crippen molar-refractivity contribution in [2.24, 2.45) is 0 Å². The second-order valence-electron chi connectivity index (χ2n) is 4.40. The van der Waals surface area contributed by atoms with Gasteiger partial charge in [-0.3, -0.25) is 0 Å². The fourth-order valence-corrected chi connectivity index (χ4v) is 2.61. The van der Waals surface area contributed by atoms with Crippen LogP contribution in [0.15, 0.2) is 24.3 Å². The molecule has 0 fully saturated rings. The van der Waals surface area contributed by atoms with Crippen LogP contribution >= 0.6 is 11.6 Å². The van der Waals surface area contributed by atoms with Crippen molar-refractivity contribution in [2.45, 2.75) is 19.1 Å². The highest BCUT2D eigenvalue weighted by Gasteiger charge is 2.24. The molecule has 0 aliphatic carbocycles. The Morgan fingerprint density at radius 1 is 1.26 bits per heavy atom. The third kappa shape index (κ3) is 4.43. The number of nitrogens with one attached hydrogen (secondary N) is 1. The monoisotopic (exact) mass is 306 g/mol. The van der Waals surface area contributed by atoms with Crippen LogP contribution in [0.4, 0.5) is 0 Å². The van der Waals surface area contributed by atoms with E-state index in [-0.39, 0.29) is 6.10 Å². The summed E-state index contributed by atoms with van der Waals surface area (Å²) in [6.45, 7) is 1.75. The molecule has 19 heavy (non-hydrogen) atoms. The van der Waals surface area contributed by atoms with Crippen molar-refractivity contribution in [3.8, 4) is 0 Å². The maximum atomic E-state index is 11.8. The van der Waals surface area contributed by atoms with Gasteiger partial charge in [0.1, 0.15) is 0 Å². The summed E-state index contributed by atoms with van der Waals surface area (Å²) in [6, 6.07) is 6.72. The Morgan fingerprint density at radius 3 is 2.21 bits per heavy atom. The summed E-state index contributed by atoms with van der Waals surface area (Å²) in [5.41, 5.74) is 0.862. The Morgan fingerprint density at radius 2 is 1.79 bits per heavy atom. The number of ether oxygens (including phenoxy) is 1. The number of methoxy groups -OCH3 is 1. The number of hydrogen-bond donors (Lipinski definition) is 1. The normalized spacial score (nSPS) is 15.5. The highest BCUT2D eigenvalue weighted by Crippen LogP contribution is 2.22. The van der Waals surface area contributed by atoms with Crippen molar-refractivity contribution in [2.75, 3.05) is 21.2 Å². The van der Waals surface area contributed by atoms with Gasteiger partial charge < -0.3 is 4.74 Å². The average molecular weight is 307 g/mol. The summed E-state index contributed by atoms with van der Waals surface area (Å²) in [4.78, 5) is 0. The molecule has 0 aliphatic rings. The number of rotatable bonds is 6. The van der Waals surface area contributed by atoms with Gasteiger partial charge in [-0.2, -0.15) is 17.4 Å². The van der Waals surface area contributed by atoms with Gasteiger partial charge in [0.2, 0.25) is 0 Å². The van der Waals surface area contributed by atoms with Gasteiger partial charge in [-0.15, -0.1) is 0 Å². The van der Waals surface area contributed by atoms with Crippen molar-refractivity contribution >= 4 is 21.8 Å². The molecule has 0 bridgehead atoms. The van der Waals surface area contributed by atoms with E-state index in [1.54, 1.807) is 26.2 Å². The Balaban J connectivity index is 2.89. The lowest BCUT2D eigenvalue weighted by atomic mass is 10.0. The van der Waals surface area contributed by atoms with Crippen molar-refractivity contribution < 1.29 is 13.2 Å². The molecule has 1 N–H and O–H groups in total. The van der Waals surface area contributed by atoms with Crippen LogP contribution in [0.2, 0.25) is 5.02 Å². The van der Waals surface area contributed by atoms with Gasteiger partial charge in [0.15, 0.2) is 0 Å². The van der Waals surface area contributed by atoms with Gasteiger partial charge in [-0.1, -0.05) is 23.7 Å². The molecule has 1 rings (SSSR count). The number of nitrogens with zero attached hydrogens (tertiary/aromatic N) is 1. The van der Waals surface area contributed by atoms with Crippen LogP contribution in [0.5, 0.6) is 0 Å². The molecule has 1 aromatic carbocycles. The molecule has 0 saturated heterocycles. The fraction of sp³-hybridized carbons (Fsp3) is 0.500. The highest BCUT2D eigenvalue weighted by atomic mass is 35.5. The molecule has 7 heteroatoms. The minimum Gasteiger partial charge on any atom is -0.375 e. The SMILES string of the molecule is CO[C@H](c1ccc(Cl)cc1)[C@@H](C)NS(=O)(=O)N(C)C. The predicted octanol–water partition coefficient (Wildman–Crippen LogP) is 1.81. The molecule has 1 aromatic rings. The molecule has 0 amide bonds. The quantitative estimate of drug-likeness (QED) is 0.872. The minimum absolute atomic E-state index is 0.382. The number of hydrogen-bond acceptors (Lipinski definition) is 3. The van der Waals surface area contributed by atoms with E-state index in [1.807, 2.05) is 12.1 Å². The summed E-state index contributed by atoms with van der Waals surface area (Å²) in [5.74, 6) is 0. The standard InChI is InChI=1S/C12H19ClN2O3S/c1-9(14-19(16,17)15(2)3)12(18-4)10-5-7-11(13)8-6-10/h5-9,12,14H,1-4H3/t9-,12+/m1/s1. The molecule has 2 atom stereocenters. The van der Waals surface area contributed by atoms with Crippen LogP contribution in [0.3, 0.4) is 0 Å². The molecule has 0 aromatic heterocycles. The van der Waals surface area contributed by atoms with E-state index in [2.05, 4.69) is 4.72 Å². The lowest BCUT2D eigenvalue weighted by molar-refractivity contribution is 0.0801. The van der Waals surface area contributed by atoms with Gasteiger partial charge in [0.05, 0.1) is 12.1 Å². The topological polar surface area (TPSA) is 58.6 Å². The van der Waals surface area contributed by atoms with Gasteiger partial charge in [-0.05, 0) is 24.6 Å². The van der Waals surface area contributed by atoms with Crippen LogP contribution in [0, 0.1) is 0 Å². The summed E-state index contributed by atoms with van der Waals surface area (Å²) < 4.78 is 32.6. The van der Waals surface area contributed by atoms with Crippen molar-refractivity contribution in [3.05, 3.63) is 34.9 Å². The minimum atomic E-state index is -3.49. The van der Waals surface area contributed by atoms with Gasteiger partial charge >= 0.3 is 0 Å². The van der Waals surface area contributed by atoms with E-state index in [4.69, 9.17) is 16.3 Å². The zero-order valence-corrected chi connectivity index (χ0v) is 13.0. The Labute approximate surface area is 119 Å². The van der Waals surface area contributed by atoms with Crippen LogP contribution in [-0.2, 0) is 14.9 Å². The molecule has 108 valence electrons. The number of halogens is 1. The third-order valence-electron chi connectivity index (χ3n) is 2.72. The average Bonchev–Trinajstić information content (AvgIpc) is 2.31. The van der Waals surface area contributed by atoms with Crippen LogP contribution in [0.25, 0.3) is 0 Å². The van der Waals surface area contributed by atoms with Crippen LogP contribution < -0.4 is 4.72 Å². The molecule has 0 radical (unpaired) electrons. The Hall–Kier alpha value is -0.660. The predicted molar refractivity (Wildman–Crippen MR) is 76.4 cm³/mol. The first kappa shape index (κ1) is 16.4. The maximum Gasteiger partial charge on any atom is 0.279 e. The second kappa shape index (κ2) is 6.67. The van der Waals surface area contributed by atoms with E-state index >= 15 is 0 Å². The lowest BCUT2D eigenvalue weighted by Crippen LogP contribution is -2.43. The largest absolute Gasteiger partial charge is 0.375 e. The second-order valence-corrected chi connectivity index (χ2v) is 6.75. The van der Waals surface area contributed by atoms with Crippen molar-refractivity contribution in [1.82, 2.24) is 9.03 Å². The summed E-state index contributed by atoms with van der Waals surface area (Å²) >= 11 is 5.83. The number of benzene rings is 1. The van der Waals surface area contributed by atoms with Crippen molar-refractivity contribution in [1.29, 1.82) is 0 Å². The van der Waals surface area contributed by atoms with Crippen LogP contribution in [0.1, 0.15) is 18.6 Å². The zero-order chi connectivity index (χ0) is 14.6. The molecule has 0 aliphatic heterocycles. The molecule has 5 nitrogen and oxygen atoms in total. The fourth-order valence-electron chi connectivity index (χ4n) is 1.68. The smallest absolute Gasteiger partial charge is 0.279 e. The van der Waals surface area contributed by atoms with E-state index in [1.165, 1.54) is 14.1 Å². The lowest BCUT2D eigenvalue weighted by Gasteiger charge is -2.25. The summed E-state index contributed by atoms with van der Waals surface area (Å²) in [5, 5.41) is 0.625. The Bertz CT molecular complexity index is 502. The van der Waals surface area contributed by atoms with Crippen LogP contribution in [-0.4, -0.2) is 40.0 Å². The summed E-state index contributed by atoms with van der Waals surface area (Å²) in [6.07, 6.45) is -0.382. The first-order valence-electron chi connectivity index (χ1n) is 5.76. The highest BCUT2D eigenvalue weighted by molar-refractivity contribution is 7.87. The van der Waals surface area contributed by atoms with Crippen molar-refractivity contribution in [3.63, 3.8) is 0 Å².